The van der Waals surface area contributed by atoms with Crippen LogP contribution in [0.15, 0.2) is 58.9 Å². The normalized spacial score (nSPS) is 13.3. The van der Waals surface area contributed by atoms with Crippen LogP contribution in [0.2, 0.25) is 0 Å². The van der Waals surface area contributed by atoms with E-state index >= 15 is 0 Å². The summed E-state index contributed by atoms with van der Waals surface area (Å²) in [6, 6.07) is 12.9. The number of sulfonamides is 1. The number of carbonyl (C=O) groups is 1. The lowest BCUT2D eigenvalue weighted by molar-refractivity contribution is -0.117. The van der Waals surface area contributed by atoms with Gasteiger partial charge in [0.25, 0.3) is 10.0 Å². The van der Waals surface area contributed by atoms with Crippen LogP contribution in [-0.2, 0) is 27.8 Å². The zero-order valence-electron chi connectivity index (χ0n) is 16.5. The van der Waals surface area contributed by atoms with Gasteiger partial charge in [0.05, 0.1) is 11.4 Å². The number of aromatic nitrogens is 1. The molecule has 1 aliphatic heterocycles. The molecule has 0 saturated heterocycles. The summed E-state index contributed by atoms with van der Waals surface area (Å²) in [6.45, 7) is 3.44. The van der Waals surface area contributed by atoms with E-state index in [1.807, 2.05) is 31.2 Å². The topological polar surface area (TPSA) is 91.4 Å². The van der Waals surface area contributed by atoms with Crippen LogP contribution in [0.5, 0.6) is 0 Å². The highest BCUT2D eigenvalue weighted by atomic mass is 32.2. The number of hydrogen-bond acceptors (Lipinski definition) is 6. The van der Waals surface area contributed by atoms with Crippen molar-refractivity contribution < 1.29 is 14.6 Å². The van der Waals surface area contributed by atoms with Gasteiger partial charge in [0.1, 0.15) is 0 Å². The zero-order valence-corrected chi connectivity index (χ0v) is 18.1. The third-order valence-electron chi connectivity index (χ3n) is 5.06. The summed E-state index contributed by atoms with van der Waals surface area (Å²) < 4.78 is 27.6. The van der Waals surface area contributed by atoms with E-state index in [1.165, 1.54) is 23.0 Å². The van der Waals surface area contributed by atoms with Gasteiger partial charge >= 0.3 is 0 Å². The highest BCUT2D eigenvalue weighted by molar-refractivity contribution is 7.93. The number of benzene rings is 2. The van der Waals surface area contributed by atoms with Crippen molar-refractivity contribution in [1.82, 2.24) is 10.3 Å². The second-order valence-electron chi connectivity index (χ2n) is 7.06. The number of hydrogen-bond donors (Lipinski definition) is 2. The van der Waals surface area contributed by atoms with Crippen molar-refractivity contribution >= 4 is 38.1 Å². The Labute approximate surface area is 181 Å². The molecule has 1 aromatic heterocycles. The summed E-state index contributed by atoms with van der Waals surface area (Å²) in [7, 11) is -3.71. The molecule has 0 atom stereocenters. The minimum atomic E-state index is -3.71. The molecule has 30 heavy (non-hydrogen) atoms. The molecule has 1 aliphatic rings. The van der Waals surface area contributed by atoms with E-state index in [9.17, 15) is 13.2 Å². The number of nitrogens with one attached hydrogen (secondary N) is 2. The lowest BCUT2D eigenvalue weighted by Gasteiger charge is -2.18. The number of carbonyl (C=O) groups excluding carboxylic acids is 1. The molecule has 7 nitrogen and oxygen atoms in total. The molecule has 0 unspecified atom stereocenters. The maximum absolute atomic E-state index is 12.7. The Morgan fingerprint density at radius 2 is 2.10 bits per heavy atom. The van der Waals surface area contributed by atoms with Crippen molar-refractivity contribution in [3.05, 3.63) is 70.7 Å². The minimum Gasteiger partial charge on any atom is -0.311 e. The van der Waals surface area contributed by atoms with Gasteiger partial charge in [0, 0.05) is 31.8 Å². The Balaban J connectivity index is 0.00000272. The van der Waals surface area contributed by atoms with Crippen LogP contribution < -0.4 is 14.9 Å². The van der Waals surface area contributed by atoms with Gasteiger partial charge in [-0.1, -0.05) is 24.3 Å². The van der Waals surface area contributed by atoms with E-state index in [4.69, 9.17) is 0 Å². The zero-order chi connectivity index (χ0) is 21.1. The van der Waals surface area contributed by atoms with Crippen LogP contribution in [0.25, 0.3) is 0 Å². The van der Waals surface area contributed by atoms with Gasteiger partial charge in [0.15, 0.2) is 5.13 Å². The molecular formula is C21H24N4O3S2. The van der Waals surface area contributed by atoms with Gasteiger partial charge in [-0.15, -0.1) is 11.3 Å². The number of amides is 1. The predicted octanol–water partition coefficient (Wildman–Crippen LogP) is 3.18. The average Bonchev–Trinajstić information content (AvgIpc) is 3.38. The first kappa shape index (κ1) is 20.5. The lowest BCUT2D eigenvalue weighted by Crippen LogP contribution is -2.37. The van der Waals surface area contributed by atoms with Crippen LogP contribution in [0.3, 0.4) is 0 Å². The Bertz CT molecular complexity index is 1170. The predicted molar refractivity (Wildman–Crippen MR) is 120 cm³/mol. The molecule has 1 amide bonds. The third-order valence-corrected chi connectivity index (χ3v) is 7.22. The number of thiazole rings is 1. The molecule has 0 saturated carbocycles. The molecule has 0 spiro atoms. The van der Waals surface area contributed by atoms with Gasteiger partial charge in [-0.3, -0.25) is 9.52 Å². The van der Waals surface area contributed by atoms with Crippen LogP contribution in [0.4, 0.5) is 10.8 Å². The van der Waals surface area contributed by atoms with Crippen LogP contribution in [0, 0.1) is 6.92 Å². The Kier molecular flexibility index (Phi) is 5.85. The van der Waals surface area contributed by atoms with Crippen molar-refractivity contribution in [3.8, 4) is 0 Å². The molecule has 9 heteroatoms. The quantitative estimate of drug-likeness (QED) is 0.584. The third kappa shape index (κ3) is 4.38. The van der Waals surface area contributed by atoms with Gasteiger partial charge in [-0.25, -0.2) is 13.4 Å². The number of fused-ring (bicyclic) bond motifs is 1. The summed E-state index contributed by atoms with van der Waals surface area (Å²) in [4.78, 5) is 18.5. The molecule has 2 aromatic carbocycles. The van der Waals surface area contributed by atoms with Crippen LogP contribution in [-0.4, -0.2) is 32.4 Å². The molecule has 3 aromatic rings. The summed E-state index contributed by atoms with van der Waals surface area (Å²) in [6.07, 6.45) is 2.17. The molecule has 2 heterocycles. The van der Waals surface area contributed by atoms with Crippen LogP contribution >= 0.6 is 11.3 Å². The molecule has 0 fully saturated rings. The molecule has 0 aliphatic carbocycles. The molecule has 0 radical (unpaired) electrons. The second kappa shape index (κ2) is 8.55. The van der Waals surface area contributed by atoms with Crippen LogP contribution in [0.1, 0.15) is 18.1 Å². The monoisotopic (exact) mass is 444 g/mol. The highest BCUT2D eigenvalue weighted by Crippen LogP contribution is 2.31. The minimum absolute atomic E-state index is 0. The van der Waals surface area contributed by atoms with Gasteiger partial charge in [0.2, 0.25) is 5.91 Å². The average molecular weight is 445 g/mol. The van der Waals surface area contributed by atoms with E-state index in [0.717, 1.165) is 16.8 Å². The van der Waals surface area contributed by atoms with Crippen molar-refractivity contribution in [3.63, 3.8) is 0 Å². The Hall–Kier alpha value is -2.75. The maximum atomic E-state index is 12.7. The van der Waals surface area contributed by atoms with Crippen molar-refractivity contribution in [2.45, 2.75) is 24.8 Å². The number of anilines is 2. The SMILES string of the molecule is Cc1ccccc1CNCC(=O)N1CCc2cc(S(=O)(=O)Nc3nccs3)ccc21.[HH]. The first-order chi connectivity index (χ1) is 14.4. The summed E-state index contributed by atoms with van der Waals surface area (Å²) in [5.74, 6) is -0.0288. The Morgan fingerprint density at radius 1 is 1.27 bits per heavy atom. The largest absolute Gasteiger partial charge is 0.311 e. The summed E-state index contributed by atoms with van der Waals surface area (Å²) in [5.41, 5.74) is 3.97. The fraction of sp³-hybridized carbons (Fsp3) is 0.238. The van der Waals surface area contributed by atoms with Gasteiger partial charge < -0.3 is 10.2 Å². The molecule has 158 valence electrons. The molecule has 4 rings (SSSR count). The number of rotatable bonds is 7. The lowest BCUT2D eigenvalue weighted by atomic mass is 10.1. The fourth-order valence-electron chi connectivity index (χ4n) is 3.46. The molecule has 2 N–H and O–H groups in total. The van der Waals surface area contributed by atoms with E-state index in [-0.39, 0.29) is 18.8 Å². The smallest absolute Gasteiger partial charge is 0.263 e. The Morgan fingerprint density at radius 3 is 2.87 bits per heavy atom. The van der Waals surface area contributed by atoms with Gasteiger partial charge in [-0.05, 0) is 48.2 Å². The highest BCUT2D eigenvalue weighted by Gasteiger charge is 2.26. The second-order valence-corrected chi connectivity index (χ2v) is 9.64. The first-order valence-corrected chi connectivity index (χ1v) is 11.9. The summed E-state index contributed by atoms with van der Waals surface area (Å²) >= 11 is 1.22. The van der Waals surface area contributed by atoms with Crippen molar-refractivity contribution in [1.29, 1.82) is 0 Å². The first-order valence-electron chi connectivity index (χ1n) is 9.55. The molecular weight excluding hydrogens is 420 g/mol. The standard InChI is InChI=1S/C21H22N4O3S2.H2/c1-15-4-2-3-5-17(15)13-22-14-20(26)25-10-8-16-12-18(6-7-19(16)25)30(27,28)24-21-23-9-11-29-21;/h2-7,9,11-12,22H,8,10,13-14H2,1H3,(H,23,24);1H. The van der Waals surface area contributed by atoms with E-state index in [2.05, 4.69) is 15.0 Å². The van der Waals surface area contributed by atoms with E-state index in [1.54, 1.807) is 28.6 Å². The summed E-state index contributed by atoms with van der Waals surface area (Å²) in [5, 5.41) is 5.24. The molecule has 0 bridgehead atoms. The van der Waals surface area contributed by atoms with E-state index < -0.39 is 10.0 Å². The number of nitrogens with zero attached hydrogens (tertiary/aromatic N) is 2. The fourth-order valence-corrected chi connectivity index (χ4v) is 5.30. The van der Waals surface area contributed by atoms with Crippen molar-refractivity contribution in [2.75, 3.05) is 22.7 Å². The van der Waals surface area contributed by atoms with E-state index in [0.29, 0.717) is 24.6 Å². The number of aryl methyl sites for hydroxylation is 1. The van der Waals surface area contributed by atoms with Gasteiger partial charge in [-0.2, -0.15) is 0 Å². The maximum Gasteiger partial charge on any atom is 0.263 e. The van der Waals surface area contributed by atoms with Crippen molar-refractivity contribution in [2.24, 2.45) is 0 Å².